The number of carbonyl (C=O) groups is 3. The molecule has 1 fully saturated rings. The number of nitrogens with one attached hydrogen (secondary N) is 3. The molecule has 0 spiro atoms. The highest BCUT2D eigenvalue weighted by Gasteiger charge is 2.25. The zero-order valence-corrected chi connectivity index (χ0v) is 14.6. The van der Waals surface area contributed by atoms with E-state index in [2.05, 4.69) is 10.6 Å². The van der Waals surface area contributed by atoms with E-state index in [4.69, 9.17) is 4.74 Å². The molecule has 0 unspecified atom stereocenters. The number of carbonyl (C=O) groups excluding carboxylic acids is 3. The van der Waals surface area contributed by atoms with Gasteiger partial charge in [0.25, 0.3) is 11.8 Å². The molecule has 0 atom stereocenters. The van der Waals surface area contributed by atoms with Gasteiger partial charge in [0.2, 0.25) is 0 Å². The topological polar surface area (TPSA) is 92.2 Å². The summed E-state index contributed by atoms with van der Waals surface area (Å²) in [5, 5.41) is 5.38. The van der Waals surface area contributed by atoms with Crippen molar-refractivity contribution in [2.45, 2.75) is 6.92 Å². The maximum absolute atomic E-state index is 12.2. The Balaban J connectivity index is 1.77. The van der Waals surface area contributed by atoms with Crippen LogP contribution in [0.4, 0.5) is 10.5 Å². The van der Waals surface area contributed by atoms with Crippen molar-refractivity contribution in [2.75, 3.05) is 51.7 Å². The molecule has 8 nitrogen and oxygen atoms in total. The number of quaternary nitrogens is 1. The summed E-state index contributed by atoms with van der Waals surface area (Å²) in [5.41, 5.74) is 1.20. The van der Waals surface area contributed by atoms with Gasteiger partial charge in [0.15, 0.2) is 6.54 Å². The van der Waals surface area contributed by atoms with Gasteiger partial charge >= 0.3 is 6.09 Å². The Morgan fingerprint density at radius 3 is 2.36 bits per heavy atom. The van der Waals surface area contributed by atoms with Crippen molar-refractivity contribution in [2.24, 2.45) is 0 Å². The van der Waals surface area contributed by atoms with Crippen molar-refractivity contribution in [3.05, 3.63) is 29.8 Å². The molecule has 2 rings (SSSR count). The van der Waals surface area contributed by atoms with Crippen LogP contribution in [0.5, 0.6) is 0 Å². The van der Waals surface area contributed by atoms with Gasteiger partial charge in [-0.15, -0.1) is 0 Å². The van der Waals surface area contributed by atoms with Gasteiger partial charge in [-0.2, -0.15) is 0 Å². The van der Waals surface area contributed by atoms with Gasteiger partial charge in [0.05, 0.1) is 32.8 Å². The van der Waals surface area contributed by atoms with E-state index in [0.717, 1.165) is 4.90 Å². The number of hydrogen-bond donors (Lipinski definition) is 3. The fourth-order valence-corrected chi connectivity index (χ4v) is 2.68. The lowest BCUT2D eigenvalue weighted by molar-refractivity contribution is -0.895. The maximum atomic E-state index is 12.2. The summed E-state index contributed by atoms with van der Waals surface area (Å²) in [4.78, 5) is 38.1. The average Bonchev–Trinajstić information content (AvgIpc) is 2.62. The predicted molar refractivity (Wildman–Crippen MR) is 92.6 cm³/mol. The van der Waals surface area contributed by atoms with Crippen molar-refractivity contribution in [3.63, 3.8) is 0 Å². The first-order valence-electron chi connectivity index (χ1n) is 8.40. The SMILES string of the molecule is CCOC(=O)N1CC[NH+](CC(=O)Nc2ccc(C(=O)NC)cc2)CC1. The molecule has 1 aliphatic rings. The molecular weight excluding hydrogens is 324 g/mol. The quantitative estimate of drug-likeness (QED) is 0.658. The normalized spacial score (nSPS) is 14.7. The van der Waals surface area contributed by atoms with Crippen LogP contribution in [0.1, 0.15) is 17.3 Å². The zero-order chi connectivity index (χ0) is 18.2. The third-order valence-corrected chi connectivity index (χ3v) is 4.07. The van der Waals surface area contributed by atoms with Crippen LogP contribution in [0.3, 0.4) is 0 Å². The highest BCUT2D eigenvalue weighted by atomic mass is 16.6. The van der Waals surface area contributed by atoms with Crippen molar-refractivity contribution in [3.8, 4) is 0 Å². The average molecular weight is 349 g/mol. The molecule has 8 heteroatoms. The number of amides is 3. The number of ether oxygens (including phenoxy) is 1. The summed E-state index contributed by atoms with van der Waals surface area (Å²) in [6.45, 7) is 5.08. The Bertz CT molecular complexity index is 610. The van der Waals surface area contributed by atoms with Crippen molar-refractivity contribution in [1.82, 2.24) is 10.2 Å². The van der Waals surface area contributed by atoms with E-state index >= 15 is 0 Å². The summed E-state index contributed by atoms with van der Waals surface area (Å²) >= 11 is 0. The van der Waals surface area contributed by atoms with Gasteiger partial charge in [-0.3, -0.25) is 14.5 Å². The van der Waals surface area contributed by atoms with Crippen LogP contribution in [0.2, 0.25) is 0 Å². The van der Waals surface area contributed by atoms with Gasteiger partial charge in [0.1, 0.15) is 0 Å². The Hall–Kier alpha value is -2.61. The molecule has 0 bridgehead atoms. The fraction of sp³-hybridized carbons (Fsp3) is 0.471. The summed E-state index contributed by atoms with van der Waals surface area (Å²) in [6, 6.07) is 6.74. The number of rotatable bonds is 5. The minimum Gasteiger partial charge on any atom is -0.450 e. The molecule has 3 amide bonds. The second-order valence-electron chi connectivity index (χ2n) is 5.82. The van der Waals surface area contributed by atoms with E-state index in [1.165, 1.54) is 0 Å². The fourth-order valence-electron chi connectivity index (χ4n) is 2.68. The Morgan fingerprint density at radius 1 is 1.16 bits per heavy atom. The van der Waals surface area contributed by atoms with Crippen LogP contribution in [-0.4, -0.2) is 69.2 Å². The molecule has 25 heavy (non-hydrogen) atoms. The molecule has 1 aliphatic heterocycles. The number of anilines is 1. The minimum absolute atomic E-state index is 0.0905. The molecule has 1 aromatic rings. The minimum atomic E-state index is -0.290. The first-order chi connectivity index (χ1) is 12.0. The Kier molecular flexibility index (Phi) is 6.76. The van der Waals surface area contributed by atoms with Crippen LogP contribution >= 0.6 is 0 Å². The molecule has 1 heterocycles. The second kappa shape index (κ2) is 9.03. The van der Waals surface area contributed by atoms with Gasteiger partial charge < -0.3 is 20.3 Å². The monoisotopic (exact) mass is 349 g/mol. The van der Waals surface area contributed by atoms with E-state index in [1.54, 1.807) is 43.1 Å². The zero-order valence-electron chi connectivity index (χ0n) is 14.6. The van der Waals surface area contributed by atoms with E-state index in [9.17, 15) is 14.4 Å². The third-order valence-electron chi connectivity index (χ3n) is 4.07. The van der Waals surface area contributed by atoms with E-state index in [1.807, 2.05) is 0 Å². The summed E-state index contributed by atoms with van der Waals surface area (Å²) < 4.78 is 4.98. The van der Waals surface area contributed by atoms with Gasteiger partial charge in [-0.1, -0.05) is 0 Å². The number of benzene rings is 1. The first-order valence-corrected chi connectivity index (χ1v) is 8.40. The van der Waals surface area contributed by atoms with Crippen LogP contribution in [-0.2, 0) is 9.53 Å². The maximum Gasteiger partial charge on any atom is 0.410 e. The molecule has 136 valence electrons. The Morgan fingerprint density at radius 2 is 1.80 bits per heavy atom. The first kappa shape index (κ1) is 18.7. The van der Waals surface area contributed by atoms with Crippen molar-refractivity contribution < 1.29 is 24.0 Å². The number of piperazine rings is 1. The lowest BCUT2D eigenvalue weighted by atomic mass is 10.2. The van der Waals surface area contributed by atoms with Crippen LogP contribution in [0.25, 0.3) is 0 Å². The standard InChI is InChI=1S/C17H24N4O4/c1-3-25-17(24)21-10-8-20(9-11-21)12-15(22)19-14-6-4-13(5-7-14)16(23)18-2/h4-7H,3,8-12H2,1-2H3,(H,18,23)(H,19,22)/p+1. The Labute approximate surface area is 147 Å². The number of nitrogens with zero attached hydrogens (tertiary/aromatic N) is 1. The van der Waals surface area contributed by atoms with E-state index in [-0.39, 0.29) is 17.9 Å². The molecule has 1 saturated heterocycles. The lowest BCUT2D eigenvalue weighted by Crippen LogP contribution is -3.15. The number of hydrogen-bond acceptors (Lipinski definition) is 4. The van der Waals surface area contributed by atoms with Gasteiger partial charge in [0, 0.05) is 18.3 Å². The van der Waals surface area contributed by atoms with Gasteiger partial charge in [-0.05, 0) is 31.2 Å². The largest absolute Gasteiger partial charge is 0.450 e. The highest BCUT2D eigenvalue weighted by molar-refractivity contribution is 5.95. The molecule has 1 aromatic carbocycles. The molecule has 0 aliphatic carbocycles. The molecular formula is C17H25N4O4+. The van der Waals surface area contributed by atoms with E-state index < -0.39 is 0 Å². The lowest BCUT2D eigenvalue weighted by Gasteiger charge is -2.31. The van der Waals surface area contributed by atoms with Crippen LogP contribution in [0, 0.1) is 0 Å². The molecule has 0 aromatic heterocycles. The highest BCUT2D eigenvalue weighted by Crippen LogP contribution is 2.09. The predicted octanol–water partition coefficient (Wildman–Crippen LogP) is -0.658. The summed E-state index contributed by atoms with van der Waals surface area (Å²) in [6.07, 6.45) is -0.290. The van der Waals surface area contributed by atoms with Crippen LogP contribution in [0.15, 0.2) is 24.3 Å². The summed E-state index contributed by atoms with van der Waals surface area (Å²) in [5.74, 6) is -0.255. The van der Waals surface area contributed by atoms with Crippen molar-refractivity contribution >= 4 is 23.6 Å². The summed E-state index contributed by atoms with van der Waals surface area (Å²) in [7, 11) is 1.57. The van der Waals surface area contributed by atoms with Crippen LogP contribution < -0.4 is 15.5 Å². The molecule has 0 radical (unpaired) electrons. The third kappa shape index (κ3) is 5.46. The smallest absolute Gasteiger partial charge is 0.410 e. The molecule has 3 N–H and O–H groups in total. The van der Waals surface area contributed by atoms with Crippen molar-refractivity contribution in [1.29, 1.82) is 0 Å². The van der Waals surface area contributed by atoms with Gasteiger partial charge in [-0.25, -0.2) is 4.79 Å². The molecule has 0 saturated carbocycles. The van der Waals surface area contributed by atoms with E-state index in [0.29, 0.717) is 50.6 Å². The second-order valence-corrected chi connectivity index (χ2v) is 5.82.